The number of ether oxygens (including phenoxy) is 2. The average molecular weight is 415 g/mol. The van der Waals surface area contributed by atoms with Crippen LogP contribution in [0.4, 0.5) is 8.78 Å². The number of aromatic nitrogens is 2. The molecule has 9 heteroatoms. The Balaban J connectivity index is 1.93. The second kappa shape index (κ2) is 8.73. The van der Waals surface area contributed by atoms with Gasteiger partial charge in [-0.05, 0) is 36.8 Å². The van der Waals surface area contributed by atoms with Gasteiger partial charge in [0, 0.05) is 6.07 Å². The number of amides is 1. The molecule has 156 valence electrons. The van der Waals surface area contributed by atoms with Gasteiger partial charge in [-0.3, -0.25) is 9.59 Å². The first-order valence-corrected chi connectivity index (χ1v) is 8.92. The summed E-state index contributed by atoms with van der Waals surface area (Å²) in [5.74, 6) is -2.23. The molecule has 1 aromatic heterocycles. The molecule has 1 amide bonds. The molecule has 3 rings (SSSR count). The molecule has 0 saturated carbocycles. The summed E-state index contributed by atoms with van der Waals surface area (Å²) in [6, 6.07) is 10.7. The van der Waals surface area contributed by atoms with Crippen molar-refractivity contribution in [2.75, 3.05) is 14.2 Å². The lowest BCUT2D eigenvalue weighted by molar-refractivity contribution is 0.0931. The van der Waals surface area contributed by atoms with Crippen LogP contribution >= 0.6 is 0 Å². The standard InChI is InChI=1S/C21H19F2N3O4/c1-12(13-4-7-15(29-2)8-5-13)24-21(28)20-18(27)11-19(30-3)26(25-20)14-6-9-16(22)17(23)10-14/h4-12H,1-3H3,(H,24,28)/t12-/m1/s1. The van der Waals surface area contributed by atoms with E-state index in [1.807, 2.05) is 0 Å². The third-order valence-electron chi connectivity index (χ3n) is 4.43. The first kappa shape index (κ1) is 21.0. The first-order valence-electron chi connectivity index (χ1n) is 8.92. The molecule has 0 saturated heterocycles. The van der Waals surface area contributed by atoms with E-state index in [1.165, 1.54) is 13.2 Å². The van der Waals surface area contributed by atoms with Crippen molar-refractivity contribution < 1.29 is 23.0 Å². The fourth-order valence-corrected chi connectivity index (χ4v) is 2.79. The summed E-state index contributed by atoms with van der Waals surface area (Å²) in [5.41, 5.74) is -0.215. The highest BCUT2D eigenvalue weighted by Crippen LogP contribution is 2.19. The molecule has 0 radical (unpaired) electrons. The van der Waals surface area contributed by atoms with Crippen molar-refractivity contribution in [1.82, 2.24) is 15.1 Å². The lowest BCUT2D eigenvalue weighted by Gasteiger charge is -2.16. The van der Waals surface area contributed by atoms with E-state index in [0.717, 1.165) is 28.4 Å². The summed E-state index contributed by atoms with van der Waals surface area (Å²) in [6.07, 6.45) is 0. The van der Waals surface area contributed by atoms with Gasteiger partial charge in [0.2, 0.25) is 11.3 Å². The Hall–Kier alpha value is -3.75. The normalized spacial score (nSPS) is 11.6. The van der Waals surface area contributed by atoms with Crippen molar-refractivity contribution in [1.29, 1.82) is 0 Å². The summed E-state index contributed by atoms with van der Waals surface area (Å²) in [7, 11) is 2.84. The summed E-state index contributed by atoms with van der Waals surface area (Å²) < 4.78 is 38.2. The number of carbonyl (C=O) groups is 1. The highest BCUT2D eigenvalue weighted by atomic mass is 19.2. The number of methoxy groups -OCH3 is 2. The Labute approximate surface area is 170 Å². The van der Waals surface area contributed by atoms with Gasteiger partial charge in [0.15, 0.2) is 17.3 Å². The Morgan fingerprint density at radius 3 is 2.33 bits per heavy atom. The van der Waals surface area contributed by atoms with Crippen LogP contribution < -0.4 is 20.2 Å². The molecule has 0 aliphatic rings. The quantitative estimate of drug-likeness (QED) is 0.669. The molecule has 0 aliphatic carbocycles. The molecule has 7 nitrogen and oxygen atoms in total. The van der Waals surface area contributed by atoms with Gasteiger partial charge in [-0.15, -0.1) is 0 Å². The van der Waals surface area contributed by atoms with Crippen LogP contribution in [0.5, 0.6) is 11.6 Å². The molecule has 1 N–H and O–H groups in total. The van der Waals surface area contributed by atoms with Crippen molar-refractivity contribution in [2.45, 2.75) is 13.0 Å². The number of nitrogens with zero attached hydrogens (tertiary/aromatic N) is 2. The number of halogens is 2. The maximum absolute atomic E-state index is 13.6. The van der Waals surface area contributed by atoms with Gasteiger partial charge in [0.05, 0.1) is 32.0 Å². The van der Waals surface area contributed by atoms with Crippen molar-refractivity contribution in [3.05, 3.63) is 81.6 Å². The topological polar surface area (TPSA) is 82.4 Å². The van der Waals surface area contributed by atoms with E-state index >= 15 is 0 Å². The third kappa shape index (κ3) is 4.29. The fraction of sp³-hybridized carbons (Fsp3) is 0.190. The van der Waals surface area contributed by atoms with Gasteiger partial charge >= 0.3 is 0 Å². The Morgan fingerprint density at radius 1 is 1.03 bits per heavy atom. The molecular formula is C21H19F2N3O4. The van der Waals surface area contributed by atoms with Gasteiger partial charge in [0.1, 0.15) is 5.75 Å². The molecule has 3 aromatic rings. The SMILES string of the molecule is COc1ccc([C@@H](C)NC(=O)c2nn(-c3ccc(F)c(F)c3)c(OC)cc2=O)cc1. The molecule has 0 spiro atoms. The van der Waals surface area contributed by atoms with E-state index in [1.54, 1.807) is 38.3 Å². The average Bonchev–Trinajstić information content (AvgIpc) is 2.75. The Kier molecular flexibility index (Phi) is 6.10. The van der Waals surface area contributed by atoms with Crippen LogP contribution in [-0.2, 0) is 0 Å². The number of benzene rings is 2. The maximum Gasteiger partial charge on any atom is 0.276 e. The van der Waals surface area contributed by atoms with Gasteiger partial charge in [-0.2, -0.15) is 5.10 Å². The van der Waals surface area contributed by atoms with E-state index in [2.05, 4.69) is 10.4 Å². The highest BCUT2D eigenvalue weighted by Gasteiger charge is 2.20. The van der Waals surface area contributed by atoms with Crippen LogP contribution in [0.3, 0.4) is 0 Å². The molecule has 30 heavy (non-hydrogen) atoms. The number of hydrogen-bond acceptors (Lipinski definition) is 5. The maximum atomic E-state index is 13.6. The van der Waals surface area contributed by atoms with Crippen LogP contribution in [0.2, 0.25) is 0 Å². The van der Waals surface area contributed by atoms with Crippen LogP contribution in [0.25, 0.3) is 5.69 Å². The molecule has 0 fully saturated rings. The number of rotatable bonds is 6. The summed E-state index contributed by atoms with van der Waals surface area (Å²) in [4.78, 5) is 25.1. The van der Waals surface area contributed by atoms with Gasteiger partial charge in [-0.1, -0.05) is 12.1 Å². The Morgan fingerprint density at radius 2 is 1.73 bits per heavy atom. The minimum atomic E-state index is -1.10. The van der Waals surface area contributed by atoms with E-state index in [4.69, 9.17) is 9.47 Å². The van der Waals surface area contributed by atoms with Crippen molar-refractivity contribution >= 4 is 5.91 Å². The lowest BCUT2D eigenvalue weighted by atomic mass is 10.1. The van der Waals surface area contributed by atoms with E-state index in [-0.39, 0.29) is 11.6 Å². The predicted octanol–water partition coefficient (Wildman–Crippen LogP) is 3.02. The van der Waals surface area contributed by atoms with E-state index in [0.29, 0.717) is 5.75 Å². The van der Waals surface area contributed by atoms with E-state index < -0.39 is 34.7 Å². The largest absolute Gasteiger partial charge is 0.497 e. The minimum absolute atomic E-state index is 0.0363. The smallest absolute Gasteiger partial charge is 0.276 e. The second-order valence-electron chi connectivity index (χ2n) is 6.38. The van der Waals surface area contributed by atoms with Crippen LogP contribution in [-0.4, -0.2) is 29.9 Å². The van der Waals surface area contributed by atoms with Crippen molar-refractivity contribution in [3.63, 3.8) is 0 Å². The van der Waals surface area contributed by atoms with Crippen molar-refractivity contribution in [2.24, 2.45) is 0 Å². The monoisotopic (exact) mass is 415 g/mol. The van der Waals surface area contributed by atoms with Gasteiger partial charge < -0.3 is 14.8 Å². The molecule has 0 unspecified atom stereocenters. The molecule has 2 aromatic carbocycles. The van der Waals surface area contributed by atoms with Crippen LogP contribution in [0.15, 0.2) is 53.3 Å². The molecule has 1 atom stereocenters. The van der Waals surface area contributed by atoms with E-state index in [9.17, 15) is 18.4 Å². The second-order valence-corrected chi connectivity index (χ2v) is 6.38. The zero-order valence-electron chi connectivity index (χ0n) is 16.5. The fourth-order valence-electron chi connectivity index (χ4n) is 2.79. The summed E-state index contributed by atoms with van der Waals surface area (Å²) in [5, 5.41) is 6.71. The minimum Gasteiger partial charge on any atom is -0.497 e. The zero-order valence-corrected chi connectivity index (χ0v) is 16.5. The zero-order chi connectivity index (χ0) is 21.8. The number of nitrogens with one attached hydrogen (secondary N) is 1. The van der Waals surface area contributed by atoms with Gasteiger partial charge in [-0.25, -0.2) is 13.5 Å². The molecular weight excluding hydrogens is 396 g/mol. The lowest BCUT2D eigenvalue weighted by Crippen LogP contribution is -2.33. The Bertz CT molecular complexity index is 1130. The van der Waals surface area contributed by atoms with Gasteiger partial charge in [0.25, 0.3) is 5.91 Å². The number of carbonyl (C=O) groups excluding carboxylic acids is 1. The molecule has 0 bridgehead atoms. The summed E-state index contributed by atoms with van der Waals surface area (Å²) in [6.45, 7) is 1.75. The highest BCUT2D eigenvalue weighted by molar-refractivity contribution is 5.92. The van der Waals surface area contributed by atoms with Crippen LogP contribution in [0, 0.1) is 11.6 Å². The van der Waals surface area contributed by atoms with Crippen LogP contribution in [0.1, 0.15) is 29.0 Å². The van der Waals surface area contributed by atoms with Crippen molar-refractivity contribution in [3.8, 4) is 17.3 Å². The molecule has 0 aliphatic heterocycles. The summed E-state index contributed by atoms with van der Waals surface area (Å²) >= 11 is 0. The third-order valence-corrected chi connectivity index (χ3v) is 4.43. The number of hydrogen-bond donors (Lipinski definition) is 1. The molecule has 1 heterocycles. The first-order chi connectivity index (χ1) is 14.3. The predicted molar refractivity (Wildman–Crippen MR) is 105 cm³/mol.